The molecule has 0 aromatic heterocycles. The molecule has 0 aliphatic heterocycles. The maximum absolute atomic E-state index is 13.8. The molecule has 0 fully saturated rings. The molecule has 0 saturated heterocycles. The molecule has 4 atom stereocenters. The quantitative estimate of drug-likeness (QED) is 0.101. The van der Waals surface area contributed by atoms with Crippen LogP contribution in [0.3, 0.4) is 0 Å². The molecule has 4 aromatic carbocycles. The van der Waals surface area contributed by atoms with Crippen molar-refractivity contribution in [2.75, 3.05) is 0 Å². The van der Waals surface area contributed by atoms with E-state index >= 15 is 0 Å². The molecular weight excluding hydrogens is 598 g/mol. The van der Waals surface area contributed by atoms with Gasteiger partial charge in [-0.25, -0.2) is 5.48 Å². The fourth-order valence-corrected chi connectivity index (χ4v) is 4.87. The van der Waals surface area contributed by atoms with Gasteiger partial charge in [0.2, 0.25) is 11.8 Å². The highest BCUT2D eigenvalue weighted by atomic mass is 16.7. The van der Waals surface area contributed by atoms with Crippen molar-refractivity contribution in [1.82, 2.24) is 16.1 Å². The smallest absolute Gasteiger partial charge is 0.260 e. The Labute approximate surface area is 273 Å². The zero-order chi connectivity index (χ0) is 33.6. The minimum atomic E-state index is -1.25. The van der Waals surface area contributed by atoms with E-state index in [0.717, 1.165) is 22.3 Å². The van der Waals surface area contributed by atoms with E-state index in [4.69, 9.17) is 16.3 Å². The summed E-state index contributed by atoms with van der Waals surface area (Å²) >= 11 is 0. The highest BCUT2D eigenvalue weighted by molar-refractivity contribution is 5.93. The minimum Gasteiger partial charge on any atom is -0.508 e. The van der Waals surface area contributed by atoms with Crippen molar-refractivity contribution in [2.45, 2.75) is 49.9 Å². The number of benzene rings is 4. The van der Waals surface area contributed by atoms with Gasteiger partial charge in [-0.1, -0.05) is 103 Å². The van der Waals surface area contributed by atoms with Crippen LogP contribution < -0.4 is 27.6 Å². The van der Waals surface area contributed by atoms with Crippen molar-refractivity contribution in [2.24, 2.45) is 11.5 Å². The number of carbonyl (C=O) groups excluding carboxylic acids is 4. The molecular formula is C36H39N5O6. The molecule has 4 amide bonds. The van der Waals surface area contributed by atoms with Crippen molar-refractivity contribution < 1.29 is 29.1 Å². The summed E-state index contributed by atoms with van der Waals surface area (Å²) in [4.78, 5) is 58.2. The molecule has 4 rings (SSSR count). The lowest BCUT2D eigenvalue weighted by molar-refractivity contribution is -0.150. The number of primary amides is 1. The third-order valence-corrected chi connectivity index (χ3v) is 7.45. The summed E-state index contributed by atoms with van der Waals surface area (Å²) in [5.41, 5.74) is 17.1. The molecule has 8 N–H and O–H groups in total. The minimum absolute atomic E-state index is 0.0672. The summed E-state index contributed by atoms with van der Waals surface area (Å²) in [7, 11) is 0. The van der Waals surface area contributed by atoms with Crippen LogP contribution in [0, 0.1) is 0 Å². The van der Waals surface area contributed by atoms with Gasteiger partial charge in [0.05, 0.1) is 6.04 Å². The number of nitrogens with one attached hydrogen (secondary N) is 3. The molecule has 0 radical (unpaired) electrons. The number of rotatable bonds is 16. The van der Waals surface area contributed by atoms with Crippen LogP contribution in [0.5, 0.6) is 5.75 Å². The van der Waals surface area contributed by atoms with Gasteiger partial charge in [0.1, 0.15) is 17.8 Å². The van der Waals surface area contributed by atoms with Crippen LogP contribution >= 0.6 is 0 Å². The maximum atomic E-state index is 13.8. The van der Waals surface area contributed by atoms with Crippen LogP contribution in [-0.4, -0.2) is 53.0 Å². The molecule has 4 aromatic rings. The normalized spacial score (nSPS) is 13.4. The highest BCUT2D eigenvalue weighted by Crippen LogP contribution is 2.12. The Morgan fingerprint density at radius 2 is 1.02 bits per heavy atom. The Balaban J connectivity index is 1.49. The SMILES string of the molecule is NC(=O)C(Cc1ccccc1)NC(=O)C(Cc1ccccc1)NC(=O)C(Cc1ccccc1)ONC(=O)C(N)Cc1ccc(O)cc1. The lowest BCUT2D eigenvalue weighted by Gasteiger charge is -2.25. The standard InChI is InChI=1S/C36H39N5O6/c37-29(20-27-16-18-28(42)19-17-27)34(44)41-47-32(23-26-14-8-3-9-15-26)36(46)40-31(22-25-12-6-2-7-13-25)35(45)39-30(33(38)43)21-24-10-4-1-5-11-24/h1-19,29-32,42H,20-23,37H2,(H2,38,43)(H,39,45)(H,40,46)(H,41,44). The largest absolute Gasteiger partial charge is 0.508 e. The number of nitrogens with two attached hydrogens (primary N) is 2. The molecule has 0 saturated carbocycles. The Morgan fingerprint density at radius 1 is 0.574 bits per heavy atom. The Hall–Kier alpha value is -5.52. The topological polar surface area (TPSA) is 186 Å². The highest BCUT2D eigenvalue weighted by Gasteiger charge is 2.30. The maximum Gasteiger partial charge on any atom is 0.260 e. The molecule has 0 heterocycles. The number of hydrogen-bond acceptors (Lipinski definition) is 7. The Bertz CT molecular complexity index is 1600. The summed E-state index contributed by atoms with van der Waals surface area (Å²) in [6.45, 7) is 0. The zero-order valence-corrected chi connectivity index (χ0v) is 25.8. The lowest BCUT2D eigenvalue weighted by atomic mass is 10.0. The molecule has 11 heteroatoms. The van der Waals surface area contributed by atoms with Crippen LogP contribution in [0.4, 0.5) is 0 Å². The number of phenolic OH excluding ortho intramolecular Hbond substituents is 1. The number of phenols is 1. The molecule has 244 valence electrons. The van der Waals surface area contributed by atoms with Crippen molar-refractivity contribution >= 4 is 23.6 Å². The van der Waals surface area contributed by atoms with Gasteiger partial charge in [-0.2, -0.15) is 0 Å². The average Bonchev–Trinajstić information content (AvgIpc) is 3.08. The molecule has 0 bridgehead atoms. The van der Waals surface area contributed by atoms with Crippen molar-refractivity contribution in [3.63, 3.8) is 0 Å². The summed E-state index contributed by atoms with van der Waals surface area (Å²) in [5, 5.41) is 15.0. The van der Waals surface area contributed by atoms with Gasteiger partial charge >= 0.3 is 0 Å². The predicted molar refractivity (Wildman–Crippen MR) is 176 cm³/mol. The molecule has 47 heavy (non-hydrogen) atoms. The molecule has 0 spiro atoms. The third kappa shape index (κ3) is 11.1. The number of amides is 4. The monoisotopic (exact) mass is 637 g/mol. The van der Waals surface area contributed by atoms with Gasteiger partial charge < -0.3 is 27.2 Å². The number of carbonyl (C=O) groups is 4. The van der Waals surface area contributed by atoms with Gasteiger partial charge in [0.25, 0.3) is 11.8 Å². The second kappa shape index (κ2) is 17.2. The van der Waals surface area contributed by atoms with Crippen LogP contribution in [0.25, 0.3) is 0 Å². The molecule has 4 unspecified atom stereocenters. The van der Waals surface area contributed by atoms with Crippen molar-refractivity contribution in [3.05, 3.63) is 138 Å². The zero-order valence-electron chi connectivity index (χ0n) is 25.8. The van der Waals surface area contributed by atoms with E-state index in [9.17, 15) is 24.3 Å². The van der Waals surface area contributed by atoms with E-state index in [1.807, 2.05) is 66.7 Å². The lowest BCUT2D eigenvalue weighted by Crippen LogP contribution is -2.56. The first-order chi connectivity index (χ1) is 22.7. The Morgan fingerprint density at radius 3 is 1.53 bits per heavy atom. The van der Waals surface area contributed by atoms with Crippen LogP contribution in [0.2, 0.25) is 0 Å². The van der Waals surface area contributed by atoms with E-state index < -0.39 is 47.9 Å². The summed E-state index contributed by atoms with van der Waals surface area (Å²) < 4.78 is 0. The van der Waals surface area contributed by atoms with Gasteiger partial charge in [-0.15, -0.1) is 0 Å². The number of aromatic hydroxyl groups is 1. The summed E-state index contributed by atoms with van der Waals surface area (Å²) in [5.74, 6) is -2.57. The number of hydrogen-bond donors (Lipinski definition) is 6. The summed E-state index contributed by atoms with van der Waals surface area (Å²) in [6, 6.07) is 30.4. The summed E-state index contributed by atoms with van der Waals surface area (Å²) in [6.07, 6.45) is -0.738. The van der Waals surface area contributed by atoms with E-state index in [0.29, 0.717) is 0 Å². The Kier molecular flexibility index (Phi) is 12.6. The van der Waals surface area contributed by atoms with Crippen molar-refractivity contribution in [3.8, 4) is 5.75 Å². The van der Waals surface area contributed by atoms with E-state index in [1.54, 1.807) is 36.4 Å². The average molecular weight is 638 g/mol. The molecule has 0 aliphatic rings. The molecule has 0 aliphatic carbocycles. The van der Waals surface area contributed by atoms with Crippen LogP contribution in [0.1, 0.15) is 22.3 Å². The first-order valence-electron chi connectivity index (χ1n) is 15.2. The van der Waals surface area contributed by atoms with E-state index in [2.05, 4.69) is 16.1 Å². The first-order valence-corrected chi connectivity index (χ1v) is 15.2. The van der Waals surface area contributed by atoms with Crippen LogP contribution in [0.15, 0.2) is 115 Å². The second-order valence-electron chi connectivity index (χ2n) is 11.1. The molecule has 11 nitrogen and oxygen atoms in total. The third-order valence-electron chi connectivity index (χ3n) is 7.45. The second-order valence-corrected chi connectivity index (χ2v) is 11.1. The van der Waals surface area contributed by atoms with Gasteiger partial charge in [-0.05, 0) is 40.8 Å². The van der Waals surface area contributed by atoms with Crippen molar-refractivity contribution in [1.29, 1.82) is 0 Å². The number of hydroxylamine groups is 1. The van der Waals surface area contributed by atoms with Gasteiger partial charge in [0, 0.05) is 19.3 Å². The first kappa shape index (κ1) is 34.4. The predicted octanol–water partition coefficient (Wildman–Crippen LogP) is 1.86. The van der Waals surface area contributed by atoms with Gasteiger partial charge in [-0.3, -0.25) is 24.0 Å². The fourth-order valence-electron chi connectivity index (χ4n) is 4.87. The van der Waals surface area contributed by atoms with Crippen LogP contribution in [-0.2, 0) is 49.7 Å². The van der Waals surface area contributed by atoms with Gasteiger partial charge in [0.15, 0.2) is 6.10 Å². The van der Waals surface area contributed by atoms with E-state index in [1.165, 1.54) is 12.1 Å². The fraction of sp³-hybridized carbons (Fsp3) is 0.222. The van der Waals surface area contributed by atoms with E-state index in [-0.39, 0.29) is 31.4 Å².